The number of anilines is 1. The highest BCUT2D eigenvalue weighted by Gasteiger charge is 2.43. The molecular formula is C24H16BrClFN3O2S. The van der Waals surface area contributed by atoms with Gasteiger partial charge in [0.1, 0.15) is 29.1 Å². The number of thiocarbonyl (C=S) groups is 1. The zero-order chi connectivity index (χ0) is 23.1. The summed E-state index contributed by atoms with van der Waals surface area (Å²) in [5, 5.41) is 14.7. The van der Waals surface area contributed by atoms with Crippen LogP contribution in [-0.2, 0) is 0 Å². The maximum absolute atomic E-state index is 14.6. The van der Waals surface area contributed by atoms with Crippen LogP contribution in [0.1, 0.15) is 23.5 Å². The smallest absolute Gasteiger partial charge is 0.174 e. The third-order valence-electron chi connectivity index (χ3n) is 5.41. The first-order valence-electron chi connectivity index (χ1n) is 9.96. The molecule has 0 amide bonds. The van der Waals surface area contributed by atoms with Gasteiger partial charge in [-0.2, -0.15) is 0 Å². The summed E-state index contributed by atoms with van der Waals surface area (Å²) in [7, 11) is 0. The van der Waals surface area contributed by atoms with Gasteiger partial charge < -0.3 is 19.7 Å². The van der Waals surface area contributed by atoms with Crippen LogP contribution in [0.25, 0.3) is 11.3 Å². The molecular weight excluding hydrogens is 529 g/mol. The molecule has 2 aromatic carbocycles. The number of hydrogen-bond acceptors (Lipinski definition) is 4. The number of furan rings is 1. The van der Waals surface area contributed by atoms with E-state index in [9.17, 15) is 9.50 Å². The zero-order valence-corrected chi connectivity index (χ0v) is 20.0. The maximum atomic E-state index is 14.6. The predicted octanol–water partition coefficient (Wildman–Crippen LogP) is 6.78. The molecule has 0 radical (unpaired) electrons. The largest absolute Gasteiger partial charge is 0.506 e. The number of hydrogen-bond donors (Lipinski definition) is 2. The molecule has 4 aromatic rings. The van der Waals surface area contributed by atoms with Crippen molar-refractivity contribution >= 4 is 50.5 Å². The summed E-state index contributed by atoms with van der Waals surface area (Å²) in [6.45, 7) is 0. The van der Waals surface area contributed by atoms with E-state index in [1.165, 1.54) is 12.1 Å². The third kappa shape index (κ3) is 4.10. The molecule has 166 valence electrons. The highest BCUT2D eigenvalue weighted by atomic mass is 79.9. The van der Waals surface area contributed by atoms with Gasteiger partial charge in [0.25, 0.3) is 0 Å². The average molecular weight is 545 g/mol. The molecule has 1 aliphatic rings. The molecule has 0 unspecified atom stereocenters. The number of benzene rings is 2. The summed E-state index contributed by atoms with van der Waals surface area (Å²) in [5.74, 6) is 0.509. The Morgan fingerprint density at radius 3 is 2.73 bits per heavy atom. The number of halogens is 3. The van der Waals surface area contributed by atoms with Gasteiger partial charge in [-0.1, -0.05) is 33.6 Å². The third-order valence-corrected chi connectivity index (χ3v) is 6.45. The number of aromatic nitrogens is 1. The second-order valence-corrected chi connectivity index (χ2v) is 9.19. The number of nitrogens with one attached hydrogen (secondary N) is 1. The molecule has 5 rings (SSSR count). The van der Waals surface area contributed by atoms with Gasteiger partial charge in [-0.25, -0.2) is 4.39 Å². The molecule has 2 aromatic heterocycles. The minimum atomic E-state index is -0.510. The van der Waals surface area contributed by atoms with Crippen LogP contribution >= 0.6 is 39.7 Å². The molecule has 3 heterocycles. The van der Waals surface area contributed by atoms with Crippen molar-refractivity contribution < 1.29 is 13.9 Å². The highest BCUT2D eigenvalue weighted by molar-refractivity contribution is 9.10. The van der Waals surface area contributed by atoms with E-state index in [-0.39, 0.29) is 11.8 Å². The minimum Gasteiger partial charge on any atom is -0.506 e. The number of rotatable bonds is 4. The van der Waals surface area contributed by atoms with Gasteiger partial charge in [-0.15, -0.1) is 0 Å². The van der Waals surface area contributed by atoms with Crippen LogP contribution in [-0.4, -0.2) is 15.2 Å². The van der Waals surface area contributed by atoms with Gasteiger partial charge in [0.05, 0.1) is 23.0 Å². The molecule has 0 saturated carbocycles. The van der Waals surface area contributed by atoms with Crippen LogP contribution < -0.4 is 10.2 Å². The molecule has 5 nitrogen and oxygen atoms in total. The van der Waals surface area contributed by atoms with E-state index < -0.39 is 11.9 Å². The first kappa shape index (κ1) is 21.9. The fraction of sp³-hybridized carbons (Fsp3) is 0.0833. The standard InChI is InChI=1S/C24H16BrClFN3O2S/c25-13-4-6-15(16(27)11-13)20-8-9-21(32-20)23-22(17-3-1-2-10-28-17)29-24(33)30(23)18-12-14(26)5-7-19(18)31/h1-12,22-23,31H,(H,29,33)/t22-,23+/m1/s1. The summed E-state index contributed by atoms with van der Waals surface area (Å²) < 4.78 is 21.4. The normalized spacial score (nSPS) is 17.9. The first-order chi connectivity index (χ1) is 15.9. The Labute approximate surface area is 208 Å². The molecule has 1 fully saturated rings. The van der Waals surface area contributed by atoms with Crippen LogP contribution in [0.15, 0.2) is 81.8 Å². The van der Waals surface area contributed by atoms with E-state index in [1.54, 1.807) is 47.5 Å². The topological polar surface area (TPSA) is 61.5 Å². The van der Waals surface area contributed by atoms with E-state index >= 15 is 0 Å². The number of phenolic OH excluding ortho intramolecular Hbond substituents is 1. The number of pyridine rings is 1. The average Bonchev–Trinajstić information content (AvgIpc) is 3.40. The molecule has 33 heavy (non-hydrogen) atoms. The summed E-state index contributed by atoms with van der Waals surface area (Å²) in [6, 6.07) is 17.7. The Hall–Kier alpha value is -2.94. The summed E-state index contributed by atoms with van der Waals surface area (Å²) >= 11 is 15.1. The second kappa shape index (κ2) is 8.78. The molecule has 1 aliphatic heterocycles. The SMILES string of the molecule is Oc1ccc(Cl)cc1N1C(=S)N[C@H](c2ccccn2)[C@@H]1c1ccc(-c2ccc(Br)cc2F)o1. The summed E-state index contributed by atoms with van der Waals surface area (Å²) in [4.78, 5) is 6.23. The molecule has 0 bridgehead atoms. The van der Waals surface area contributed by atoms with E-state index in [0.29, 0.717) is 37.4 Å². The first-order valence-corrected chi connectivity index (χ1v) is 11.5. The van der Waals surface area contributed by atoms with E-state index in [1.807, 2.05) is 18.2 Å². The van der Waals surface area contributed by atoms with Crippen molar-refractivity contribution in [2.45, 2.75) is 12.1 Å². The van der Waals surface area contributed by atoms with Crippen molar-refractivity contribution in [1.82, 2.24) is 10.3 Å². The highest BCUT2D eigenvalue weighted by Crippen LogP contribution is 2.46. The molecule has 9 heteroatoms. The fourth-order valence-electron chi connectivity index (χ4n) is 3.94. The Morgan fingerprint density at radius 2 is 1.97 bits per heavy atom. The van der Waals surface area contributed by atoms with Crippen molar-refractivity contribution in [3.8, 4) is 17.1 Å². The van der Waals surface area contributed by atoms with Crippen molar-refractivity contribution in [2.24, 2.45) is 0 Å². The summed E-state index contributed by atoms with van der Waals surface area (Å²) in [6.07, 6.45) is 1.70. The number of nitrogens with zero attached hydrogens (tertiary/aromatic N) is 2. The van der Waals surface area contributed by atoms with Crippen LogP contribution in [0.5, 0.6) is 5.75 Å². The van der Waals surface area contributed by atoms with Crippen LogP contribution in [0.4, 0.5) is 10.1 Å². The monoisotopic (exact) mass is 543 g/mol. The van der Waals surface area contributed by atoms with Crippen molar-refractivity contribution in [3.63, 3.8) is 0 Å². The quantitative estimate of drug-likeness (QED) is 0.276. The molecule has 2 atom stereocenters. The Morgan fingerprint density at radius 1 is 1.12 bits per heavy atom. The van der Waals surface area contributed by atoms with Crippen molar-refractivity contribution in [3.05, 3.63) is 99.7 Å². The van der Waals surface area contributed by atoms with Gasteiger partial charge in [0.2, 0.25) is 0 Å². The van der Waals surface area contributed by atoms with Crippen molar-refractivity contribution in [2.75, 3.05) is 4.90 Å². The molecule has 0 aliphatic carbocycles. The van der Waals surface area contributed by atoms with E-state index in [4.69, 9.17) is 28.2 Å². The lowest BCUT2D eigenvalue weighted by atomic mass is 10.0. The van der Waals surface area contributed by atoms with Gasteiger partial charge in [-0.3, -0.25) is 4.98 Å². The Balaban J connectivity index is 1.63. The predicted molar refractivity (Wildman–Crippen MR) is 133 cm³/mol. The maximum Gasteiger partial charge on any atom is 0.174 e. The van der Waals surface area contributed by atoms with Crippen molar-refractivity contribution in [1.29, 1.82) is 0 Å². The number of aromatic hydroxyl groups is 1. The van der Waals surface area contributed by atoms with E-state index in [0.717, 1.165) is 5.69 Å². The van der Waals surface area contributed by atoms with Gasteiger partial charge in [-0.05, 0) is 72.9 Å². The Kier molecular flexibility index (Phi) is 5.82. The number of phenols is 1. The molecule has 0 spiro atoms. The van der Waals surface area contributed by atoms with Gasteiger partial charge >= 0.3 is 0 Å². The van der Waals surface area contributed by atoms with Gasteiger partial charge in [0.15, 0.2) is 5.11 Å². The Bertz CT molecular complexity index is 1350. The second-order valence-electron chi connectivity index (χ2n) is 7.46. The lowest BCUT2D eigenvalue weighted by Gasteiger charge is -2.26. The van der Waals surface area contributed by atoms with Crippen LogP contribution in [0.2, 0.25) is 5.02 Å². The fourth-order valence-corrected chi connectivity index (χ4v) is 4.78. The van der Waals surface area contributed by atoms with Crippen LogP contribution in [0.3, 0.4) is 0 Å². The molecule has 1 saturated heterocycles. The summed E-state index contributed by atoms with van der Waals surface area (Å²) in [5.41, 5.74) is 1.50. The van der Waals surface area contributed by atoms with E-state index in [2.05, 4.69) is 26.2 Å². The molecule has 2 N–H and O–H groups in total. The minimum absolute atomic E-state index is 0.0148. The lowest BCUT2D eigenvalue weighted by Crippen LogP contribution is -2.29. The zero-order valence-electron chi connectivity index (χ0n) is 16.9. The lowest BCUT2D eigenvalue weighted by molar-refractivity contribution is 0.433. The van der Waals surface area contributed by atoms with Gasteiger partial charge in [0, 0.05) is 15.7 Å². The van der Waals surface area contributed by atoms with Crippen LogP contribution in [0, 0.1) is 5.82 Å².